The molecule has 0 aliphatic rings. The monoisotopic (exact) mass is 348 g/mol. The normalized spacial score (nSPS) is 11.0. The standard InChI is InChI=1S/C18H15F3N2O2/c19-18(20,21)12-25-11-14-6-4-13(5-7-14)10-23-17(24)16-3-1-2-15(8-16)9-22/h1-8H,10-12H2,(H,23,24). The minimum atomic E-state index is -4.34. The van der Waals surface area contributed by atoms with E-state index in [-0.39, 0.29) is 19.1 Å². The SMILES string of the molecule is N#Cc1cccc(C(=O)NCc2ccc(COCC(F)(F)F)cc2)c1. The molecule has 0 aromatic heterocycles. The average Bonchev–Trinajstić information content (AvgIpc) is 2.59. The van der Waals surface area contributed by atoms with Crippen LogP contribution in [0.25, 0.3) is 0 Å². The molecule has 4 nitrogen and oxygen atoms in total. The van der Waals surface area contributed by atoms with Gasteiger partial charge in [0.15, 0.2) is 0 Å². The lowest BCUT2D eigenvalue weighted by Gasteiger charge is -2.09. The summed E-state index contributed by atoms with van der Waals surface area (Å²) in [5.41, 5.74) is 2.19. The molecule has 0 saturated carbocycles. The highest BCUT2D eigenvalue weighted by Gasteiger charge is 2.27. The van der Waals surface area contributed by atoms with Crippen LogP contribution in [-0.2, 0) is 17.9 Å². The fourth-order valence-electron chi connectivity index (χ4n) is 2.05. The van der Waals surface area contributed by atoms with Crippen molar-refractivity contribution in [3.8, 4) is 6.07 Å². The molecule has 0 atom stereocenters. The smallest absolute Gasteiger partial charge is 0.367 e. The van der Waals surface area contributed by atoms with Crippen LogP contribution in [0.15, 0.2) is 48.5 Å². The van der Waals surface area contributed by atoms with E-state index in [1.165, 1.54) is 6.07 Å². The molecule has 0 fully saturated rings. The van der Waals surface area contributed by atoms with Crippen LogP contribution in [0.5, 0.6) is 0 Å². The lowest BCUT2D eigenvalue weighted by Crippen LogP contribution is -2.22. The molecular weight excluding hydrogens is 333 g/mol. The van der Waals surface area contributed by atoms with Gasteiger partial charge in [-0.05, 0) is 29.3 Å². The van der Waals surface area contributed by atoms with Gasteiger partial charge in [-0.1, -0.05) is 30.3 Å². The fourth-order valence-corrected chi connectivity index (χ4v) is 2.05. The molecule has 0 unspecified atom stereocenters. The molecule has 1 N–H and O–H groups in total. The van der Waals surface area contributed by atoms with Crippen molar-refractivity contribution in [2.75, 3.05) is 6.61 Å². The van der Waals surface area contributed by atoms with Crippen molar-refractivity contribution in [3.63, 3.8) is 0 Å². The number of nitrogens with zero attached hydrogens (tertiary/aromatic N) is 1. The molecule has 0 heterocycles. The summed E-state index contributed by atoms with van der Waals surface area (Å²) in [6.45, 7) is -1.15. The van der Waals surface area contributed by atoms with Crippen molar-refractivity contribution in [1.29, 1.82) is 5.26 Å². The van der Waals surface area contributed by atoms with Crippen molar-refractivity contribution >= 4 is 5.91 Å². The first-order valence-electron chi connectivity index (χ1n) is 7.38. The van der Waals surface area contributed by atoms with E-state index in [0.29, 0.717) is 16.7 Å². The summed E-state index contributed by atoms with van der Waals surface area (Å²) >= 11 is 0. The third-order valence-electron chi connectivity index (χ3n) is 3.26. The van der Waals surface area contributed by atoms with Crippen molar-refractivity contribution in [2.45, 2.75) is 19.3 Å². The highest BCUT2D eigenvalue weighted by molar-refractivity contribution is 5.94. The van der Waals surface area contributed by atoms with Gasteiger partial charge in [-0.2, -0.15) is 18.4 Å². The summed E-state index contributed by atoms with van der Waals surface area (Å²) in [6.07, 6.45) is -4.34. The third-order valence-corrected chi connectivity index (χ3v) is 3.26. The molecule has 2 rings (SSSR count). The number of carbonyl (C=O) groups is 1. The Morgan fingerprint density at radius 1 is 1.12 bits per heavy atom. The molecule has 0 saturated heterocycles. The van der Waals surface area contributed by atoms with E-state index in [2.05, 4.69) is 10.1 Å². The Hall–Kier alpha value is -2.85. The molecule has 2 aromatic carbocycles. The van der Waals surface area contributed by atoms with Gasteiger partial charge >= 0.3 is 6.18 Å². The molecule has 0 spiro atoms. The van der Waals surface area contributed by atoms with E-state index in [1.54, 1.807) is 42.5 Å². The molecule has 7 heteroatoms. The van der Waals surface area contributed by atoms with Crippen LogP contribution in [0.1, 0.15) is 27.0 Å². The number of nitrogens with one attached hydrogen (secondary N) is 1. The Morgan fingerprint density at radius 2 is 1.80 bits per heavy atom. The van der Waals surface area contributed by atoms with E-state index < -0.39 is 12.8 Å². The quantitative estimate of drug-likeness (QED) is 0.868. The second kappa shape index (κ2) is 8.31. The molecule has 0 radical (unpaired) electrons. The number of ether oxygens (including phenoxy) is 1. The first-order valence-corrected chi connectivity index (χ1v) is 7.38. The summed E-state index contributed by atoms with van der Waals surface area (Å²) in [5, 5.41) is 11.6. The Kier molecular flexibility index (Phi) is 6.14. The number of benzene rings is 2. The highest BCUT2D eigenvalue weighted by atomic mass is 19.4. The van der Waals surface area contributed by atoms with Gasteiger partial charge in [-0.3, -0.25) is 4.79 Å². The lowest BCUT2D eigenvalue weighted by molar-refractivity contribution is -0.176. The zero-order valence-corrected chi connectivity index (χ0v) is 13.1. The number of hydrogen-bond donors (Lipinski definition) is 1. The van der Waals surface area contributed by atoms with E-state index >= 15 is 0 Å². The molecule has 2 aromatic rings. The van der Waals surface area contributed by atoms with Gasteiger partial charge in [0, 0.05) is 12.1 Å². The predicted molar refractivity (Wildman–Crippen MR) is 84.5 cm³/mol. The second-order valence-corrected chi connectivity index (χ2v) is 5.30. The van der Waals surface area contributed by atoms with Crippen molar-refractivity contribution in [1.82, 2.24) is 5.32 Å². The first kappa shape index (κ1) is 18.5. The van der Waals surface area contributed by atoms with E-state index in [9.17, 15) is 18.0 Å². The predicted octanol–water partition coefficient (Wildman–Crippen LogP) is 3.57. The Morgan fingerprint density at radius 3 is 2.44 bits per heavy atom. The minimum absolute atomic E-state index is 0.132. The van der Waals surface area contributed by atoms with Crippen LogP contribution in [0.3, 0.4) is 0 Å². The van der Waals surface area contributed by atoms with Crippen LogP contribution in [0, 0.1) is 11.3 Å². The third kappa shape index (κ3) is 6.28. The first-order chi connectivity index (χ1) is 11.9. The summed E-state index contributed by atoms with van der Waals surface area (Å²) in [6, 6.07) is 15.0. The van der Waals surface area contributed by atoms with Crippen molar-refractivity contribution < 1.29 is 22.7 Å². The van der Waals surface area contributed by atoms with Crippen LogP contribution in [0.4, 0.5) is 13.2 Å². The van der Waals surface area contributed by atoms with Gasteiger partial charge in [0.05, 0.1) is 18.2 Å². The van der Waals surface area contributed by atoms with Crippen molar-refractivity contribution in [3.05, 3.63) is 70.8 Å². The average molecular weight is 348 g/mol. The molecule has 130 valence electrons. The molecular formula is C18H15F3N2O2. The number of hydrogen-bond acceptors (Lipinski definition) is 3. The molecule has 1 amide bonds. The number of halogens is 3. The second-order valence-electron chi connectivity index (χ2n) is 5.30. The maximum absolute atomic E-state index is 12.0. The van der Waals surface area contributed by atoms with Gasteiger partial charge in [-0.15, -0.1) is 0 Å². The van der Waals surface area contributed by atoms with Crippen LogP contribution >= 0.6 is 0 Å². The Labute approximate surface area is 142 Å². The minimum Gasteiger partial charge on any atom is -0.367 e. The van der Waals surface area contributed by atoms with Crippen LogP contribution in [-0.4, -0.2) is 18.7 Å². The van der Waals surface area contributed by atoms with Crippen LogP contribution < -0.4 is 5.32 Å². The number of amides is 1. The van der Waals surface area contributed by atoms with Gasteiger partial charge in [0.1, 0.15) is 6.61 Å². The van der Waals surface area contributed by atoms with E-state index in [4.69, 9.17) is 5.26 Å². The Balaban J connectivity index is 1.85. The highest BCUT2D eigenvalue weighted by Crippen LogP contribution is 2.16. The van der Waals surface area contributed by atoms with Crippen LogP contribution in [0.2, 0.25) is 0 Å². The topological polar surface area (TPSA) is 62.1 Å². The number of nitriles is 1. The van der Waals surface area contributed by atoms with E-state index in [1.807, 2.05) is 6.07 Å². The molecule has 0 aliphatic carbocycles. The zero-order valence-electron chi connectivity index (χ0n) is 13.1. The van der Waals surface area contributed by atoms with Crippen molar-refractivity contribution in [2.24, 2.45) is 0 Å². The lowest BCUT2D eigenvalue weighted by atomic mass is 10.1. The maximum Gasteiger partial charge on any atom is 0.411 e. The summed E-state index contributed by atoms with van der Waals surface area (Å²) in [7, 11) is 0. The molecule has 25 heavy (non-hydrogen) atoms. The van der Waals surface area contributed by atoms with E-state index in [0.717, 1.165) is 5.56 Å². The number of alkyl halides is 3. The maximum atomic E-state index is 12.0. The Bertz CT molecular complexity index is 765. The number of rotatable bonds is 6. The molecule has 0 aliphatic heterocycles. The summed E-state index contributed by atoms with van der Waals surface area (Å²) in [4.78, 5) is 12.0. The largest absolute Gasteiger partial charge is 0.411 e. The number of carbonyl (C=O) groups excluding carboxylic acids is 1. The molecule has 0 bridgehead atoms. The van der Waals surface area contributed by atoms with Gasteiger partial charge in [0.25, 0.3) is 5.91 Å². The zero-order chi connectivity index (χ0) is 18.3. The van der Waals surface area contributed by atoms with Gasteiger partial charge < -0.3 is 10.1 Å². The van der Waals surface area contributed by atoms with Gasteiger partial charge in [-0.25, -0.2) is 0 Å². The summed E-state index contributed by atoms with van der Waals surface area (Å²) < 4.78 is 40.6. The van der Waals surface area contributed by atoms with Gasteiger partial charge in [0.2, 0.25) is 0 Å². The fraction of sp³-hybridized carbons (Fsp3) is 0.222. The summed E-state index contributed by atoms with van der Waals surface area (Å²) in [5.74, 6) is -0.310.